The van der Waals surface area contributed by atoms with Crippen LogP contribution in [-0.2, 0) is 6.18 Å². The van der Waals surface area contributed by atoms with E-state index in [1.54, 1.807) is 0 Å². The van der Waals surface area contributed by atoms with E-state index >= 15 is 0 Å². The second-order valence-electron chi connectivity index (χ2n) is 3.36. The number of alkyl halides is 6. The van der Waals surface area contributed by atoms with Gasteiger partial charge in [0.1, 0.15) is 6.04 Å². The van der Waals surface area contributed by atoms with E-state index in [4.69, 9.17) is 11.5 Å². The van der Waals surface area contributed by atoms with Gasteiger partial charge in [-0.15, -0.1) is 0 Å². The summed E-state index contributed by atoms with van der Waals surface area (Å²) in [6.07, 6.45) is -9.62. The lowest BCUT2D eigenvalue weighted by Gasteiger charge is -2.18. The molecule has 0 bridgehead atoms. The third kappa shape index (κ3) is 3.02. The van der Waals surface area contributed by atoms with E-state index in [-0.39, 0.29) is 0 Å². The molecule has 0 aliphatic rings. The minimum Gasteiger partial charge on any atom is -0.398 e. The van der Waals surface area contributed by atoms with Crippen LogP contribution in [-0.4, -0.2) is 6.18 Å². The number of benzene rings is 1. The molecule has 0 amide bonds. The van der Waals surface area contributed by atoms with E-state index in [9.17, 15) is 26.3 Å². The molecule has 0 spiro atoms. The zero-order valence-corrected chi connectivity index (χ0v) is 8.23. The Kier molecular flexibility index (Phi) is 3.28. The number of nitrogen functional groups attached to an aromatic ring is 1. The minimum atomic E-state index is -4.81. The molecule has 17 heavy (non-hydrogen) atoms. The quantitative estimate of drug-likeness (QED) is 0.601. The Bertz CT molecular complexity index is 409. The number of rotatable bonds is 1. The predicted octanol–water partition coefficient (Wildman–Crippen LogP) is 2.85. The Morgan fingerprint density at radius 2 is 1.53 bits per heavy atom. The summed E-state index contributed by atoms with van der Waals surface area (Å²) < 4.78 is 73.8. The second-order valence-corrected chi connectivity index (χ2v) is 3.36. The maximum Gasteiger partial charge on any atom is 0.418 e. The summed E-state index contributed by atoms with van der Waals surface area (Å²) in [5.41, 5.74) is 7.20. The third-order valence-electron chi connectivity index (χ3n) is 2.09. The van der Waals surface area contributed by atoms with Gasteiger partial charge in [-0.3, -0.25) is 0 Å². The summed E-state index contributed by atoms with van der Waals surface area (Å²) in [6.45, 7) is 0. The van der Waals surface area contributed by atoms with Gasteiger partial charge in [-0.25, -0.2) is 0 Å². The van der Waals surface area contributed by atoms with Crippen molar-refractivity contribution in [1.29, 1.82) is 0 Å². The Hall–Kier alpha value is -1.44. The lowest BCUT2D eigenvalue weighted by Crippen LogP contribution is -2.28. The van der Waals surface area contributed by atoms with Crippen molar-refractivity contribution in [3.05, 3.63) is 29.3 Å². The van der Waals surface area contributed by atoms with Gasteiger partial charge in [0.15, 0.2) is 0 Å². The highest BCUT2D eigenvalue weighted by Crippen LogP contribution is 2.37. The highest BCUT2D eigenvalue weighted by Gasteiger charge is 2.40. The number of hydrogen-bond acceptors (Lipinski definition) is 2. The van der Waals surface area contributed by atoms with Crippen LogP contribution in [0.5, 0.6) is 0 Å². The summed E-state index contributed by atoms with van der Waals surface area (Å²) in [7, 11) is 0. The Morgan fingerprint density at radius 3 is 1.94 bits per heavy atom. The molecule has 0 aromatic heterocycles. The lowest BCUT2D eigenvalue weighted by atomic mass is 10.0. The third-order valence-corrected chi connectivity index (χ3v) is 2.09. The molecule has 0 aliphatic heterocycles. The van der Waals surface area contributed by atoms with Gasteiger partial charge in [-0.1, -0.05) is 6.07 Å². The summed E-state index contributed by atoms with van der Waals surface area (Å²) in [5, 5.41) is 0. The van der Waals surface area contributed by atoms with Gasteiger partial charge in [-0.05, 0) is 17.7 Å². The fourth-order valence-electron chi connectivity index (χ4n) is 1.20. The first-order chi connectivity index (χ1) is 7.53. The number of nitrogens with two attached hydrogens (primary N) is 2. The van der Waals surface area contributed by atoms with Crippen molar-refractivity contribution >= 4 is 5.69 Å². The minimum absolute atomic E-state index is 0.313. The Morgan fingerprint density at radius 1 is 1.00 bits per heavy atom. The fraction of sp³-hybridized carbons (Fsp3) is 0.333. The maximum absolute atomic E-state index is 12.4. The summed E-state index contributed by atoms with van der Waals surface area (Å²) >= 11 is 0. The molecule has 8 heteroatoms. The number of anilines is 1. The first-order valence-corrected chi connectivity index (χ1v) is 4.32. The highest BCUT2D eigenvalue weighted by molar-refractivity contribution is 5.50. The SMILES string of the molecule is Nc1ccc([C@@H](N)C(F)(F)F)cc1C(F)(F)F. The normalized spacial score (nSPS) is 14.8. The molecule has 96 valence electrons. The van der Waals surface area contributed by atoms with Crippen molar-refractivity contribution in [3.8, 4) is 0 Å². The molecular weight excluding hydrogens is 250 g/mol. The molecular formula is C9H8F6N2. The van der Waals surface area contributed by atoms with Crippen LogP contribution in [0.15, 0.2) is 18.2 Å². The van der Waals surface area contributed by atoms with E-state index in [0.717, 1.165) is 12.1 Å². The first kappa shape index (κ1) is 13.6. The molecule has 1 rings (SSSR count). The maximum atomic E-state index is 12.4. The summed E-state index contributed by atoms with van der Waals surface area (Å²) in [6, 6.07) is -0.579. The van der Waals surface area contributed by atoms with Crippen LogP contribution in [0.2, 0.25) is 0 Å². The first-order valence-electron chi connectivity index (χ1n) is 4.32. The van der Waals surface area contributed by atoms with Gasteiger partial charge in [0.05, 0.1) is 5.56 Å². The van der Waals surface area contributed by atoms with E-state index < -0.39 is 35.2 Å². The molecule has 0 saturated heterocycles. The van der Waals surface area contributed by atoms with Crippen LogP contribution in [0.25, 0.3) is 0 Å². The van der Waals surface area contributed by atoms with Crippen molar-refractivity contribution in [1.82, 2.24) is 0 Å². The highest BCUT2D eigenvalue weighted by atomic mass is 19.4. The molecule has 0 fully saturated rings. The Labute approximate surface area is 92.2 Å². The molecule has 0 radical (unpaired) electrons. The topological polar surface area (TPSA) is 52.0 Å². The average molecular weight is 258 g/mol. The summed E-state index contributed by atoms with van der Waals surface area (Å²) in [5.74, 6) is 0. The fourth-order valence-corrected chi connectivity index (χ4v) is 1.20. The average Bonchev–Trinajstić information content (AvgIpc) is 2.14. The largest absolute Gasteiger partial charge is 0.418 e. The van der Waals surface area contributed by atoms with Gasteiger partial charge >= 0.3 is 12.4 Å². The monoisotopic (exact) mass is 258 g/mol. The van der Waals surface area contributed by atoms with E-state index in [1.807, 2.05) is 0 Å². The molecule has 0 saturated carbocycles. The molecule has 1 atom stereocenters. The van der Waals surface area contributed by atoms with Crippen LogP contribution in [0.1, 0.15) is 17.2 Å². The molecule has 0 unspecified atom stereocenters. The number of hydrogen-bond donors (Lipinski definition) is 2. The number of halogens is 6. The van der Waals surface area contributed by atoms with E-state index in [2.05, 4.69) is 0 Å². The van der Waals surface area contributed by atoms with Gasteiger partial charge in [0.25, 0.3) is 0 Å². The van der Waals surface area contributed by atoms with Crippen molar-refractivity contribution < 1.29 is 26.3 Å². The molecule has 0 heterocycles. The second kappa shape index (κ2) is 4.10. The molecule has 0 aliphatic carbocycles. The van der Waals surface area contributed by atoms with Crippen molar-refractivity contribution in [2.75, 3.05) is 5.73 Å². The zero-order chi connectivity index (χ0) is 13.4. The van der Waals surface area contributed by atoms with Gasteiger partial charge < -0.3 is 11.5 Å². The lowest BCUT2D eigenvalue weighted by molar-refractivity contribution is -0.150. The van der Waals surface area contributed by atoms with Crippen LogP contribution < -0.4 is 11.5 Å². The molecule has 1 aromatic carbocycles. The summed E-state index contributed by atoms with van der Waals surface area (Å²) in [4.78, 5) is 0. The van der Waals surface area contributed by atoms with Crippen molar-refractivity contribution in [2.45, 2.75) is 18.4 Å². The van der Waals surface area contributed by atoms with Gasteiger partial charge in [0.2, 0.25) is 0 Å². The standard InChI is InChI=1S/C9H8F6N2/c10-8(11,12)5-3-4(1-2-6(5)16)7(17)9(13,14)15/h1-3,7H,16-17H2/t7-/m1/s1. The smallest absolute Gasteiger partial charge is 0.398 e. The zero-order valence-electron chi connectivity index (χ0n) is 8.23. The van der Waals surface area contributed by atoms with Crippen LogP contribution >= 0.6 is 0 Å². The Balaban J connectivity index is 3.23. The van der Waals surface area contributed by atoms with E-state index in [0.29, 0.717) is 6.07 Å². The molecule has 1 aromatic rings. The van der Waals surface area contributed by atoms with E-state index in [1.165, 1.54) is 0 Å². The van der Waals surface area contributed by atoms with Crippen LogP contribution in [0, 0.1) is 0 Å². The van der Waals surface area contributed by atoms with Gasteiger partial charge in [-0.2, -0.15) is 26.3 Å². The van der Waals surface area contributed by atoms with Crippen LogP contribution in [0.3, 0.4) is 0 Å². The molecule has 2 nitrogen and oxygen atoms in total. The molecule has 4 N–H and O–H groups in total. The van der Waals surface area contributed by atoms with Gasteiger partial charge in [0, 0.05) is 5.69 Å². The van der Waals surface area contributed by atoms with Crippen molar-refractivity contribution in [2.24, 2.45) is 5.73 Å². The van der Waals surface area contributed by atoms with Crippen LogP contribution in [0.4, 0.5) is 32.0 Å². The predicted molar refractivity (Wildman–Crippen MR) is 48.8 cm³/mol. The van der Waals surface area contributed by atoms with Crippen molar-refractivity contribution in [3.63, 3.8) is 0 Å².